The highest BCUT2D eigenvalue weighted by molar-refractivity contribution is 9.10. The van der Waals surface area contributed by atoms with Gasteiger partial charge in [0.25, 0.3) is 11.6 Å². The van der Waals surface area contributed by atoms with Crippen LogP contribution in [0.1, 0.15) is 21.9 Å². The summed E-state index contributed by atoms with van der Waals surface area (Å²) in [5.74, 6) is -2.03. The Labute approximate surface area is 220 Å². The number of urea groups is 1. The number of ether oxygens (including phenoxy) is 2. The van der Waals surface area contributed by atoms with Crippen LogP contribution >= 0.6 is 15.9 Å². The second kappa shape index (κ2) is 10.5. The quantitative estimate of drug-likeness (QED) is 0.132. The first-order valence-corrected chi connectivity index (χ1v) is 11.1. The molecule has 3 aromatic rings. The minimum atomic E-state index is -0.804. The number of carbonyl (C=O) groups is 3. The molecule has 0 aliphatic carbocycles. The third kappa shape index (κ3) is 5.34. The number of esters is 1. The molecule has 1 aromatic carbocycles. The molecule has 2 aromatic heterocycles. The van der Waals surface area contributed by atoms with E-state index in [2.05, 4.69) is 31.0 Å². The number of nitrogens with zero attached hydrogens (tertiary/aromatic N) is 4. The Balaban J connectivity index is 1.66. The lowest BCUT2D eigenvalue weighted by Gasteiger charge is -2.10. The molecule has 4 rings (SSSR count). The monoisotopic (exact) mass is 587 g/mol. The summed E-state index contributed by atoms with van der Waals surface area (Å²) in [6.07, 6.45) is 2.08. The zero-order valence-corrected chi connectivity index (χ0v) is 20.7. The van der Waals surface area contributed by atoms with Gasteiger partial charge in [-0.1, -0.05) is 15.9 Å². The van der Waals surface area contributed by atoms with E-state index in [9.17, 15) is 34.6 Å². The number of pyridine rings is 1. The highest BCUT2D eigenvalue weighted by atomic mass is 79.9. The molecule has 0 unspecified atom stereocenters. The Morgan fingerprint density at radius 2 is 1.95 bits per heavy atom. The van der Waals surface area contributed by atoms with Crippen LogP contribution in [0.25, 0.3) is 6.08 Å². The van der Waals surface area contributed by atoms with Gasteiger partial charge in [0.2, 0.25) is 17.4 Å². The largest absolute Gasteiger partial charge is 0.463 e. The zero-order valence-electron chi connectivity index (χ0n) is 19.1. The normalized spacial score (nSPS) is 13.9. The highest BCUT2D eigenvalue weighted by Gasteiger charge is 2.35. The summed E-state index contributed by atoms with van der Waals surface area (Å²) < 4.78 is 15.7. The molecule has 15 nitrogen and oxygen atoms in total. The molecule has 16 heteroatoms. The Bertz CT molecular complexity index is 1520. The van der Waals surface area contributed by atoms with Gasteiger partial charge in [0.15, 0.2) is 0 Å². The second-order valence-electron chi connectivity index (χ2n) is 7.45. The molecule has 0 radical (unpaired) electrons. The highest BCUT2D eigenvalue weighted by Crippen LogP contribution is 2.39. The van der Waals surface area contributed by atoms with E-state index >= 15 is 0 Å². The lowest BCUT2D eigenvalue weighted by Crippen LogP contribution is -2.30. The topological polar surface area (TPSA) is 197 Å². The fourth-order valence-electron chi connectivity index (χ4n) is 3.30. The number of amides is 3. The third-order valence-corrected chi connectivity index (χ3v) is 5.48. The molecule has 38 heavy (non-hydrogen) atoms. The van der Waals surface area contributed by atoms with Crippen molar-refractivity contribution in [2.24, 2.45) is 0 Å². The molecule has 0 atom stereocenters. The molecule has 1 aliphatic rings. The molecular formula is C22H14BrN5O10. The van der Waals surface area contributed by atoms with Crippen LogP contribution in [0.5, 0.6) is 11.6 Å². The SMILES string of the molecule is COC(=O)c1ccc(CN2C(=O)N/C(=C\c3cc(Br)cc([N+](=O)[O-])c3Oc3ccc([N+](=O)[O-])cn3)C2=O)o1. The number of hydrogen-bond donors (Lipinski definition) is 1. The van der Waals surface area contributed by atoms with Gasteiger partial charge < -0.3 is 19.2 Å². The summed E-state index contributed by atoms with van der Waals surface area (Å²) in [6.45, 7) is -0.312. The lowest BCUT2D eigenvalue weighted by atomic mass is 10.1. The number of furan rings is 1. The summed E-state index contributed by atoms with van der Waals surface area (Å²) in [5.41, 5.74) is -1.04. The first kappa shape index (κ1) is 26.0. The van der Waals surface area contributed by atoms with E-state index in [0.29, 0.717) is 0 Å². The number of nitro benzene ring substituents is 1. The predicted molar refractivity (Wildman–Crippen MR) is 129 cm³/mol. The van der Waals surface area contributed by atoms with Gasteiger partial charge in [-0.05, 0) is 24.3 Å². The van der Waals surface area contributed by atoms with Gasteiger partial charge in [-0.3, -0.25) is 29.9 Å². The van der Waals surface area contributed by atoms with Crippen LogP contribution < -0.4 is 10.1 Å². The number of rotatable bonds is 8. The Morgan fingerprint density at radius 1 is 1.18 bits per heavy atom. The van der Waals surface area contributed by atoms with E-state index < -0.39 is 33.4 Å². The van der Waals surface area contributed by atoms with Gasteiger partial charge in [0, 0.05) is 28.2 Å². The number of nitrogens with one attached hydrogen (secondary N) is 1. The minimum Gasteiger partial charge on any atom is -0.463 e. The van der Waals surface area contributed by atoms with E-state index in [4.69, 9.17) is 9.15 Å². The Kier molecular flexibility index (Phi) is 7.15. The predicted octanol–water partition coefficient (Wildman–Crippen LogP) is 3.93. The summed E-state index contributed by atoms with van der Waals surface area (Å²) in [7, 11) is 1.17. The van der Waals surface area contributed by atoms with E-state index in [1.807, 2.05) is 0 Å². The van der Waals surface area contributed by atoms with Crippen LogP contribution in [-0.4, -0.2) is 44.7 Å². The van der Waals surface area contributed by atoms with Crippen molar-refractivity contribution in [1.29, 1.82) is 0 Å². The summed E-state index contributed by atoms with van der Waals surface area (Å²) >= 11 is 3.17. The summed E-state index contributed by atoms with van der Waals surface area (Å²) in [4.78, 5) is 62.8. The standard InChI is InChI=1S/C22H14BrN5O10/c1-36-21(30)17-4-3-14(37-17)10-26-20(29)15(25-22(26)31)7-11-6-12(23)8-16(28(34)35)19(11)38-18-5-2-13(9-24-18)27(32)33/h2-9H,10H2,1H3,(H,25,31)/b15-7-. The average molecular weight is 588 g/mol. The average Bonchev–Trinajstić information content (AvgIpc) is 3.45. The van der Waals surface area contributed by atoms with Crippen LogP contribution in [0, 0.1) is 20.2 Å². The molecule has 194 valence electrons. The third-order valence-electron chi connectivity index (χ3n) is 5.02. The van der Waals surface area contributed by atoms with Gasteiger partial charge in [-0.2, -0.15) is 0 Å². The number of methoxy groups -OCH3 is 1. The number of imide groups is 1. The molecule has 3 heterocycles. The van der Waals surface area contributed by atoms with Crippen molar-refractivity contribution in [2.45, 2.75) is 6.54 Å². The van der Waals surface area contributed by atoms with Crippen molar-refractivity contribution in [3.8, 4) is 11.6 Å². The van der Waals surface area contributed by atoms with Crippen molar-refractivity contribution >= 4 is 51.3 Å². The van der Waals surface area contributed by atoms with Crippen LogP contribution in [0.3, 0.4) is 0 Å². The van der Waals surface area contributed by atoms with Crippen molar-refractivity contribution in [1.82, 2.24) is 15.2 Å². The van der Waals surface area contributed by atoms with Crippen LogP contribution in [-0.2, 0) is 16.1 Å². The molecule has 0 spiro atoms. The summed E-state index contributed by atoms with van der Waals surface area (Å²) in [6, 6.07) is 6.72. The summed E-state index contributed by atoms with van der Waals surface area (Å²) in [5, 5.41) is 25.0. The molecule has 0 bridgehead atoms. The van der Waals surface area contributed by atoms with Crippen LogP contribution in [0.15, 0.2) is 57.2 Å². The number of aromatic nitrogens is 1. The number of benzene rings is 1. The van der Waals surface area contributed by atoms with Crippen LogP contribution in [0.2, 0.25) is 0 Å². The molecule has 1 aliphatic heterocycles. The maximum atomic E-state index is 13.0. The molecule has 1 N–H and O–H groups in total. The fourth-order valence-corrected chi connectivity index (χ4v) is 3.76. The van der Waals surface area contributed by atoms with Crippen molar-refractivity contribution in [2.75, 3.05) is 7.11 Å². The van der Waals surface area contributed by atoms with Gasteiger partial charge in [-0.25, -0.2) is 14.6 Å². The molecular weight excluding hydrogens is 574 g/mol. The van der Waals surface area contributed by atoms with Gasteiger partial charge in [0.05, 0.1) is 23.5 Å². The van der Waals surface area contributed by atoms with Gasteiger partial charge in [0.1, 0.15) is 17.7 Å². The fraction of sp³-hybridized carbons (Fsp3) is 0.0909. The number of nitro groups is 2. The molecule has 1 saturated heterocycles. The number of halogens is 1. The van der Waals surface area contributed by atoms with E-state index in [0.717, 1.165) is 29.3 Å². The lowest BCUT2D eigenvalue weighted by molar-refractivity contribution is -0.385. The first-order chi connectivity index (χ1) is 18.1. The molecule has 1 fully saturated rings. The van der Waals surface area contributed by atoms with Gasteiger partial charge in [-0.15, -0.1) is 0 Å². The maximum absolute atomic E-state index is 13.0. The zero-order chi connectivity index (χ0) is 27.6. The van der Waals surface area contributed by atoms with E-state index in [1.165, 1.54) is 31.4 Å². The van der Waals surface area contributed by atoms with E-state index in [-0.39, 0.29) is 51.1 Å². The Hall–Kier alpha value is -5.12. The van der Waals surface area contributed by atoms with Crippen LogP contribution in [0.4, 0.5) is 16.2 Å². The Morgan fingerprint density at radius 3 is 2.58 bits per heavy atom. The number of carbonyl (C=O) groups excluding carboxylic acids is 3. The molecule has 3 amide bonds. The van der Waals surface area contributed by atoms with Crippen molar-refractivity contribution in [3.63, 3.8) is 0 Å². The number of hydrogen-bond acceptors (Lipinski definition) is 11. The van der Waals surface area contributed by atoms with Crippen molar-refractivity contribution < 1.29 is 38.1 Å². The maximum Gasteiger partial charge on any atom is 0.373 e. The van der Waals surface area contributed by atoms with E-state index in [1.54, 1.807) is 0 Å². The first-order valence-electron chi connectivity index (χ1n) is 10.3. The smallest absolute Gasteiger partial charge is 0.373 e. The second-order valence-corrected chi connectivity index (χ2v) is 8.37. The van der Waals surface area contributed by atoms with Crippen molar-refractivity contribution in [3.05, 3.63) is 90.1 Å². The minimum absolute atomic E-state index is 0.0164. The van der Waals surface area contributed by atoms with Gasteiger partial charge >= 0.3 is 17.7 Å². The molecule has 0 saturated carbocycles.